The number of hydrogen-bond acceptors (Lipinski definition) is 6. The number of esters is 1. The van der Waals surface area contributed by atoms with Crippen LogP contribution in [0.1, 0.15) is 23.7 Å². The molecule has 1 heterocycles. The van der Waals surface area contributed by atoms with E-state index in [1.54, 1.807) is 49.4 Å². The molecule has 0 radical (unpaired) electrons. The zero-order chi connectivity index (χ0) is 18.4. The van der Waals surface area contributed by atoms with E-state index >= 15 is 0 Å². The second-order valence-corrected chi connectivity index (χ2v) is 5.59. The Morgan fingerprint density at radius 3 is 2.54 bits per heavy atom. The maximum Gasteiger partial charge on any atom is 0.338 e. The monoisotopic (exact) mass is 356 g/mol. The maximum atomic E-state index is 12.0. The topological polar surface area (TPSA) is 85.9 Å². The highest BCUT2D eigenvalue weighted by Crippen LogP contribution is 2.34. The van der Waals surface area contributed by atoms with E-state index < -0.39 is 0 Å². The molecule has 1 aliphatic rings. The van der Waals surface area contributed by atoms with Crippen LogP contribution < -0.4 is 20.1 Å². The molecule has 1 amide bonds. The molecule has 1 aliphatic heterocycles. The Balaban J connectivity index is 1.44. The van der Waals surface area contributed by atoms with Crippen molar-refractivity contribution in [3.8, 4) is 11.5 Å². The van der Waals surface area contributed by atoms with Gasteiger partial charge in [0.15, 0.2) is 11.5 Å². The number of anilines is 2. The minimum Gasteiger partial charge on any atom is -0.462 e. The summed E-state index contributed by atoms with van der Waals surface area (Å²) in [5.41, 5.74) is 1.99. The molecule has 0 aromatic heterocycles. The van der Waals surface area contributed by atoms with E-state index in [4.69, 9.17) is 14.2 Å². The van der Waals surface area contributed by atoms with E-state index in [0.717, 1.165) is 5.69 Å². The lowest BCUT2D eigenvalue weighted by Crippen LogP contribution is -2.16. The first-order valence-corrected chi connectivity index (χ1v) is 8.36. The van der Waals surface area contributed by atoms with Gasteiger partial charge in [-0.05, 0) is 43.3 Å². The van der Waals surface area contributed by atoms with Crippen molar-refractivity contribution in [2.75, 3.05) is 30.6 Å². The van der Waals surface area contributed by atoms with Crippen molar-refractivity contribution in [1.29, 1.82) is 0 Å². The van der Waals surface area contributed by atoms with Gasteiger partial charge in [0.05, 0.1) is 12.2 Å². The van der Waals surface area contributed by atoms with E-state index in [2.05, 4.69) is 10.6 Å². The highest BCUT2D eigenvalue weighted by Gasteiger charge is 2.14. The molecule has 0 atom stereocenters. The number of carbonyl (C=O) groups is 2. The Labute approximate surface area is 151 Å². The quantitative estimate of drug-likeness (QED) is 0.742. The average Bonchev–Trinajstić information content (AvgIpc) is 3.10. The standard InChI is InChI=1S/C19H20N2O5/c1-2-24-19(23)13-3-5-14(6-4-13)20-10-9-18(22)21-15-7-8-16-17(11-15)26-12-25-16/h3-8,11,20H,2,9-10,12H2,1H3,(H,21,22). The summed E-state index contributed by atoms with van der Waals surface area (Å²) < 4.78 is 15.5. The van der Waals surface area contributed by atoms with Crippen molar-refractivity contribution >= 4 is 23.3 Å². The predicted octanol–water partition coefficient (Wildman–Crippen LogP) is 3.03. The summed E-state index contributed by atoms with van der Waals surface area (Å²) in [6.45, 7) is 2.78. The van der Waals surface area contributed by atoms with Gasteiger partial charge in [-0.1, -0.05) is 0 Å². The molecule has 0 aliphatic carbocycles. The molecular weight excluding hydrogens is 336 g/mol. The van der Waals surface area contributed by atoms with Gasteiger partial charge in [-0.15, -0.1) is 0 Å². The van der Waals surface area contributed by atoms with E-state index in [1.807, 2.05) is 0 Å². The molecule has 0 fully saturated rings. The highest BCUT2D eigenvalue weighted by atomic mass is 16.7. The lowest BCUT2D eigenvalue weighted by atomic mass is 10.2. The van der Waals surface area contributed by atoms with E-state index in [0.29, 0.717) is 42.3 Å². The van der Waals surface area contributed by atoms with Crippen LogP contribution in [0.15, 0.2) is 42.5 Å². The van der Waals surface area contributed by atoms with Gasteiger partial charge >= 0.3 is 5.97 Å². The fraction of sp³-hybridized carbons (Fsp3) is 0.263. The third-order valence-corrected chi connectivity index (χ3v) is 3.73. The van der Waals surface area contributed by atoms with Crippen molar-refractivity contribution < 1.29 is 23.8 Å². The molecule has 0 bridgehead atoms. The second kappa shape index (κ2) is 8.24. The molecule has 7 nitrogen and oxygen atoms in total. The van der Waals surface area contributed by atoms with Crippen LogP contribution in [0.4, 0.5) is 11.4 Å². The van der Waals surface area contributed by atoms with Gasteiger partial charge in [-0.25, -0.2) is 4.79 Å². The molecule has 0 saturated heterocycles. The molecule has 2 N–H and O–H groups in total. The maximum absolute atomic E-state index is 12.0. The van der Waals surface area contributed by atoms with Gasteiger partial charge in [0.25, 0.3) is 0 Å². The van der Waals surface area contributed by atoms with Crippen LogP contribution in [0.5, 0.6) is 11.5 Å². The second-order valence-electron chi connectivity index (χ2n) is 5.59. The van der Waals surface area contributed by atoms with Crippen LogP contribution >= 0.6 is 0 Å². The zero-order valence-electron chi connectivity index (χ0n) is 14.4. The minimum absolute atomic E-state index is 0.112. The third-order valence-electron chi connectivity index (χ3n) is 3.73. The number of fused-ring (bicyclic) bond motifs is 1. The molecule has 136 valence electrons. The lowest BCUT2D eigenvalue weighted by molar-refractivity contribution is -0.115. The number of hydrogen-bond donors (Lipinski definition) is 2. The first kappa shape index (κ1) is 17.6. The Morgan fingerprint density at radius 1 is 1.04 bits per heavy atom. The molecule has 0 unspecified atom stereocenters. The van der Waals surface area contributed by atoms with Crippen LogP contribution in [-0.2, 0) is 9.53 Å². The van der Waals surface area contributed by atoms with Crippen LogP contribution in [0.2, 0.25) is 0 Å². The summed E-state index contributed by atoms with van der Waals surface area (Å²) in [6, 6.07) is 12.2. The minimum atomic E-state index is -0.345. The summed E-state index contributed by atoms with van der Waals surface area (Å²) in [6.07, 6.45) is 0.300. The Morgan fingerprint density at radius 2 is 1.77 bits per heavy atom. The predicted molar refractivity (Wildman–Crippen MR) is 96.7 cm³/mol. The molecule has 2 aromatic rings. The highest BCUT2D eigenvalue weighted by molar-refractivity contribution is 5.91. The summed E-state index contributed by atoms with van der Waals surface area (Å²) in [5, 5.41) is 5.96. The number of amides is 1. The van der Waals surface area contributed by atoms with E-state index in [-0.39, 0.29) is 18.7 Å². The van der Waals surface area contributed by atoms with Gasteiger partial charge in [0, 0.05) is 30.4 Å². The SMILES string of the molecule is CCOC(=O)c1ccc(NCCC(=O)Nc2ccc3c(c2)OCO3)cc1. The number of carbonyl (C=O) groups excluding carboxylic acids is 2. The fourth-order valence-corrected chi connectivity index (χ4v) is 2.46. The Kier molecular flexibility index (Phi) is 5.58. The smallest absolute Gasteiger partial charge is 0.338 e. The van der Waals surface area contributed by atoms with Gasteiger partial charge in [-0.3, -0.25) is 4.79 Å². The van der Waals surface area contributed by atoms with Crippen molar-refractivity contribution in [3.05, 3.63) is 48.0 Å². The van der Waals surface area contributed by atoms with Crippen molar-refractivity contribution in [1.82, 2.24) is 0 Å². The van der Waals surface area contributed by atoms with Crippen LogP contribution in [0.25, 0.3) is 0 Å². The lowest BCUT2D eigenvalue weighted by Gasteiger charge is -2.09. The van der Waals surface area contributed by atoms with Crippen molar-refractivity contribution in [2.24, 2.45) is 0 Å². The Hall–Kier alpha value is -3.22. The zero-order valence-corrected chi connectivity index (χ0v) is 14.4. The summed E-state index contributed by atoms with van der Waals surface area (Å²) in [4.78, 5) is 23.6. The number of rotatable bonds is 7. The summed E-state index contributed by atoms with van der Waals surface area (Å²) >= 11 is 0. The summed E-state index contributed by atoms with van der Waals surface area (Å²) in [7, 11) is 0. The molecule has 0 spiro atoms. The molecule has 26 heavy (non-hydrogen) atoms. The molecule has 0 saturated carbocycles. The van der Waals surface area contributed by atoms with E-state index in [1.165, 1.54) is 0 Å². The Bertz CT molecular complexity index is 789. The average molecular weight is 356 g/mol. The molecular formula is C19H20N2O5. The third kappa shape index (κ3) is 4.44. The van der Waals surface area contributed by atoms with Gasteiger partial charge in [-0.2, -0.15) is 0 Å². The van der Waals surface area contributed by atoms with E-state index in [9.17, 15) is 9.59 Å². The number of nitrogens with one attached hydrogen (secondary N) is 2. The first-order chi connectivity index (χ1) is 12.7. The van der Waals surface area contributed by atoms with Crippen LogP contribution in [0, 0.1) is 0 Å². The molecule has 7 heteroatoms. The van der Waals surface area contributed by atoms with Gasteiger partial charge in [0.1, 0.15) is 0 Å². The van der Waals surface area contributed by atoms with Crippen LogP contribution in [-0.4, -0.2) is 31.8 Å². The normalized spacial score (nSPS) is 11.7. The van der Waals surface area contributed by atoms with Crippen molar-refractivity contribution in [3.63, 3.8) is 0 Å². The molecule has 3 rings (SSSR count). The number of ether oxygens (including phenoxy) is 3. The van der Waals surface area contributed by atoms with Crippen molar-refractivity contribution in [2.45, 2.75) is 13.3 Å². The van der Waals surface area contributed by atoms with Gasteiger partial charge < -0.3 is 24.8 Å². The first-order valence-electron chi connectivity index (χ1n) is 8.36. The molecule has 2 aromatic carbocycles. The van der Waals surface area contributed by atoms with Crippen LogP contribution in [0.3, 0.4) is 0 Å². The largest absolute Gasteiger partial charge is 0.462 e. The number of benzene rings is 2. The van der Waals surface area contributed by atoms with Gasteiger partial charge in [0.2, 0.25) is 12.7 Å². The summed E-state index contributed by atoms with van der Waals surface area (Å²) in [5.74, 6) is 0.847. The fourth-order valence-electron chi connectivity index (χ4n) is 2.46.